The topological polar surface area (TPSA) is 145 Å². The molecule has 0 fully saturated rings. The van der Waals surface area contributed by atoms with Crippen molar-refractivity contribution in [1.29, 1.82) is 0 Å². The van der Waals surface area contributed by atoms with Crippen molar-refractivity contribution >= 4 is 16.5 Å². The van der Waals surface area contributed by atoms with Crippen LogP contribution in [0.3, 0.4) is 0 Å². The van der Waals surface area contributed by atoms with Gasteiger partial charge in [0.15, 0.2) is 0 Å². The van der Waals surface area contributed by atoms with Gasteiger partial charge >= 0.3 is 164 Å². The second-order valence-electron chi connectivity index (χ2n) is 2.43. The first-order valence-corrected chi connectivity index (χ1v) is 6.78. The van der Waals surface area contributed by atoms with Gasteiger partial charge in [-0.05, 0) is 12.8 Å². The van der Waals surface area contributed by atoms with Gasteiger partial charge in [0.2, 0.25) is 0 Å². The second kappa shape index (κ2) is 39.9. The van der Waals surface area contributed by atoms with Crippen LogP contribution in [-0.2, 0) is 18.2 Å². The van der Waals surface area contributed by atoms with E-state index in [9.17, 15) is 9.13 Å². The molecule has 0 aromatic heterocycles. The van der Waals surface area contributed by atoms with Crippen molar-refractivity contribution in [3.05, 3.63) is 0 Å². The summed E-state index contributed by atoms with van der Waals surface area (Å²) < 4.78 is 28.5. The van der Waals surface area contributed by atoms with E-state index in [0.29, 0.717) is 25.9 Å². The Morgan fingerprint density at radius 3 is 1.14 bits per heavy atom. The number of nitrogens with two attached hydrogens (primary N) is 2. The maximum absolute atomic E-state index is 9.95. The zero-order chi connectivity index (χ0) is 12.8. The molecule has 0 aliphatic carbocycles. The molecule has 6 N–H and O–H groups in total. The standard InChI is InChI=1S/C4H8O6P2.C2H8N2.5Na.5H/c5-11(6)9-3-1-2-4-10-12(7)8;3-1-2-4;;;;;;;;;;/h1-4H2;1-4H2;;;;;;;;;;/q;;5*+1;5*-1/p+2. The Labute approximate surface area is 245 Å². The summed E-state index contributed by atoms with van der Waals surface area (Å²) in [7, 11) is -5.06. The van der Waals surface area contributed by atoms with Gasteiger partial charge in [-0.25, -0.2) is 0 Å². The molecule has 0 heterocycles. The van der Waals surface area contributed by atoms with Crippen molar-refractivity contribution in [2.24, 2.45) is 11.5 Å². The van der Waals surface area contributed by atoms with Crippen molar-refractivity contribution in [1.82, 2.24) is 0 Å². The molecule has 8 nitrogen and oxygen atoms in total. The van der Waals surface area contributed by atoms with Gasteiger partial charge in [0.1, 0.15) is 13.2 Å². The molecule has 0 spiro atoms. The SMILES string of the molecule is NCCN.O=[P+](O)OCCCCO[P+](=O)O.[H-].[H-].[H-].[H-].[H-].[Na+].[Na+].[Na+].[Na+].[Na+]. The van der Waals surface area contributed by atoms with Gasteiger partial charge < -0.3 is 18.6 Å². The van der Waals surface area contributed by atoms with E-state index >= 15 is 0 Å². The van der Waals surface area contributed by atoms with Crippen LogP contribution in [0.4, 0.5) is 0 Å². The Morgan fingerprint density at radius 1 is 0.762 bits per heavy atom. The van der Waals surface area contributed by atoms with Crippen molar-refractivity contribution in [3.63, 3.8) is 0 Å². The first-order chi connectivity index (χ1) is 7.54. The molecule has 0 aromatic rings. The fraction of sp³-hybridized carbons (Fsp3) is 1.00. The van der Waals surface area contributed by atoms with Crippen LogP contribution in [0, 0.1) is 0 Å². The average Bonchev–Trinajstić information content (AvgIpc) is 2.23. The summed E-state index contributed by atoms with van der Waals surface area (Å²) in [6.45, 7) is 1.49. The van der Waals surface area contributed by atoms with Crippen LogP contribution in [0.5, 0.6) is 0 Å². The van der Waals surface area contributed by atoms with Crippen LogP contribution >= 0.6 is 16.5 Å². The molecule has 0 saturated carbocycles. The molecule has 2 unspecified atom stereocenters. The van der Waals surface area contributed by atoms with Crippen LogP contribution < -0.4 is 159 Å². The van der Waals surface area contributed by atoms with Gasteiger partial charge in [0.05, 0.1) is 0 Å². The summed E-state index contributed by atoms with van der Waals surface area (Å²) in [5, 5.41) is 0. The van der Waals surface area contributed by atoms with Crippen molar-refractivity contribution < 1.29 is 183 Å². The Balaban J connectivity index is -0.0000000129. The van der Waals surface area contributed by atoms with E-state index in [-0.39, 0.29) is 168 Å². The maximum Gasteiger partial charge on any atom is 1.00 e. The average molecular weight is 396 g/mol. The smallest absolute Gasteiger partial charge is 1.00 e. The number of rotatable bonds is 8. The maximum atomic E-state index is 9.95. The summed E-state index contributed by atoms with van der Waals surface area (Å²) in [6, 6.07) is 0. The minimum Gasteiger partial charge on any atom is -1.00 e. The van der Waals surface area contributed by atoms with E-state index in [1.807, 2.05) is 0 Å². The predicted octanol–water partition coefficient (Wildman–Crippen LogP) is -14.4. The Kier molecular flexibility index (Phi) is 85.4. The van der Waals surface area contributed by atoms with Crippen LogP contribution in [0.25, 0.3) is 0 Å². The zero-order valence-corrected chi connectivity index (χ0v) is 25.6. The molecule has 0 aromatic carbocycles. The van der Waals surface area contributed by atoms with Crippen LogP contribution in [0.2, 0.25) is 0 Å². The molecule has 21 heavy (non-hydrogen) atoms. The second-order valence-corrected chi connectivity index (χ2v) is 3.89. The Hall–Kier alpha value is 4.96. The predicted molar refractivity (Wildman–Crippen MR) is 64.5 cm³/mol. The molecule has 0 amide bonds. The van der Waals surface area contributed by atoms with Crippen LogP contribution in [0.1, 0.15) is 20.0 Å². The van der Waals surface area contributed by atoms with Gasteiger partial charge in [-0.15, -0.1) is 18.8 Å². The first-order valence-electron chi connectivity index (χ1n) is 4.52. The number of unbranched alkanes of at least 4 members (excludes halogenated alkanes) is 1. The van der Waals surface area contributed by atoms with E-state index in [1.165, 1.54) is 0 Å². The normalized spacial score (nSPS) is 8.76. The zero-order valence-electron chi connectivity index (χ0n) is 18.8. The van der Waals surface area contributed by atoms with E-state index in [0.717, 1.165) is 0 Å². The molecular weight excluding hydrogens is 373 g/mol. The van der Waals surface area contributed by atoms with Crippen molar-refractivity contribution in [3.8, 4) is 0 Å². The van der Waals surface area contributed by atoms with Gasteiger partial charge in [0, 0.05) is 22.2 Å². The van der Waals surface area contributed by atoms with Gasteiger partial charge in [-0.3, -0.25) is 0 Å². The van der Waals surface area contributed by atoms with E-state index in [4.69, 9.17) is 21.3 Å². The summed E-state index contributed by atoms with van der Waals surface area (Å²) in [6.07, 6.45) is 1.04. The number of hydrogen-bond acceptors (Lipinski definition) is 6. The quantitative estimate of drug-likeness (QED) is 0.180. The molecule has 0 aliphatic heterocycles. The Morgan fingerprint density at radius 2 is 1.00 bits per heavy atom. The first kappa shape index (κ1) is 45.0. The fourth-order valence-electron chi connectivity index (χ4n) is 0.489. The van der Waals surface area contributed by atoms with Crippen LogP contribution in [-0.4, -0.2) is 36.1 Å². The molecule has 106 valence electrons. The van der Waals surface area contributed by atoms with Crippen molar-refractivity contribution in [2.75, 3.05) is 26.3 Å². The van der Waals surface area contributed by atoms with E-state index < -0.39 is 16.5 Å². The molecular formula is C6H23N2Na5O6P2+2. The molecule has 2 atom stereocenters. The summed E-state index contributed by atoms with van der Waals surface area (Å²) in [5.74, 6) is 0. The molecule has 0 saturated heterocycles. The molecule has 0 aliphatic rings. The summed E-state index contributed by atoms with van der Waals surface area (Å²) in [5.41, 5.74) is 9.81. The third-order valence-corrected chi connectivity index (χ3v) is 1.92. The van der Waals surface area contributed by atoms with E-state index in [2.05, 4.69) is 9.05 Å². The minimum atomic E-state index is -2.53. The minimum absolute atomic E-state index is 0. The largest absolute Gasteiger partial charge is 1.00 e. The van der Waals surface area contributed by atoms with E-state index in [1.54, 1.807) is 0 Å². The number of hydrogen-bond donors (Lipinski definition) is 4. The molecule has 15 heteroatoms. The third-order valence-electron chi connectivity index (χ3n) is 1.11. The fourth-order valence-corrected chi connectivity index (χ4v) is 1.06. The Bertz CT molecular complexity index is 209. The third kappa shape index (κ3) is 58.8. The monoisotopic (exact) mass is 396 g/mol. The summed E-state index contributed by atoms with van der Waals surface area (Å²) in [4.78, 5) is 16.3. The van der Waals surface area contributed by atoms with Crippen molar-refractivity contribution in [2.45, 2.75) is 12.8 Å². The molecule has 0 bridgehead atoms. The van der Waals surface area contributed by atoms with Gasteiger partial charge in [0.25, 0.3) is 0 Å². The molecule has 0 rings (SSSR count). The van der Waals surface area contributed by atoms with Gasteiger partial charge in [-0.1, -0.05) is 0 Å². The molecule has 0 radical (unpaired) electrons. The summed E-state index contributed by atoms with van der Waals surface area (Å²) >= 11 is 0. The van der Waals surface area contributed by atoms with Crippen LogP contribution in [0.15, 0.2) is 0 Å². The van der Waals surface area contributed by atoms with Gasteiger partial charge in [-0.2, -0.15) is 0 Å².